The fraction of sp³-hybridized carbons (Fsp3) is 0.0652. The molecule has 8 bridgehead atoms. The molecule has 4 aromatic carbocycles. The van der Waals surface area contributed by atoms with E-state index < -0.39 is 11.5 Å². The van der Waals surface area contributed by atoms with E-state index in [-0.39, 0.29) is 25.2 Å². The average Bonchev–Trinajstić information content (AvgIpc) is 4.03. The molecule has 0 amide bonds. The van der Waals surface area contributed by atoms with E-state index in [1.165, 1.54) is 14.2 Å². The molecule has 1 aromatic heterocycles. The second-order valence-electron chi connectivity index (χ2n) is 12.8. The van der Waals surface area contributed by atoms with Crippen molar-refractivity contribution in [3.63, 3.8) is 0 Å². The van der Waals surface area contributed by atoms with E-state index in [1.54, 1.807) is 0 Å². The number of fused-ring (bicyclic) bond motifs is 5. The Hall–Kier alpha value is -6.05. The maximum atomic E-state index is 15.0. The normalized spacial score (nSPS) is 17.2. The van der Waals surface area contributed by atoms with E-state index in [9.17, 15) is 5.11 Å². The molecule has 0 atom stereocenters. The Bertz CT molecular complexity index is 2660. The topological polar surface area (TPSA) is 92.7 Å². The first-order chi connectivity index (χ1) is 26.1. The van der Waals surface area contributed by atoms with Gasteiger partial charge in [-0.15, -0.1) is 10.7 Å². The number of hydrogen-bond acceptors (Lipinski definition) is 6. The first kappa shape index (κ1) is 35.0. The summed E-state index contributed by atoms with van der Waals surface area (Å²) >= 11 is 0. The molecule has 9 rings (SSSR count). The van der Waals surface area contributed by atoms with Crippen LogP contribution in [-0.2, 0) is 29.0 Å². The van der Waals surface area contributed by atoms with Gasteiger partial charge in [0.05, 0.1) is 28.5 Å². The van der Waals surface area contributed by atoms with Crippen LogP contribution in [0.3, 0.4) is 0 Å². The van der Waals surface area contributed by atoms with Crippen molar-refractivity contribution in [3.05, 3.63) is 214 Å². The molecular weight excluding hydrogens is 722 g/mol. The zero-order valence-electron chi connectivity index (χ0n) is 29.7. The molecule has 4 aliphatic rings. The van der Waals surface area contributed by atoms with E-state index in [1.807, 2.05) is 133 Å². The maximum absolute atomic E-state index is 15.0. The van der Waals surface area contributed by atoms with Crippen LogP contribution in [-0.4, -0.2) is 37.1 Å². The molecule has 0 spiro atoms. The van der Waals surface area contributed by atoms with Crippen LogP contribution in [0, 0.1) is 0 Å². The third kappa shape index (κ3) is 5.76. The summed E-state index contributed by atoms with van der Waals surface area (Å²) in [6.45, 7) is 0. The molecule has 54 heavy (non-hydrogen) atoms. The molecule has 0 N–H and O–H groups in total. The van der Waals surface area contributed by atoms with Crippen LogP contribution in [0.1, 0.15) is 22.3 Å². The SMILES string of the molecule is COC1(OC)C2=NC(=C1[O-])C(c1ccccc1)=c1ccc([n-]1)=C(c1ccccc1)C1=NC(=C(c3ccccc3)C3=NC(=C2c2ccccc2)C=C3)C=C1.[Zn+2]. The Balaban J connectivity index is 0.00000413. The molecule has 4 aliphatic heterocycles. The molecule has 0 radical (unpaired) electrons. The zero-order valence-corrected chi connectivity index (χ0v) is 32.7. The standard InChI is InChI=1S/C46H33N4O3.Zn/c1-52-46(53-2)44-42(32-21-13-6-14-22-32)38-28-26-36(49-38)40(30-17-9-4-10-18-30)34-24-23-33(47-34)39(29-15-7-3-8-16-29)35-25-27-37(48-35)41(43(50-44)45(46)51)31-19-11-5-12-20-31;/h3-28H,1-2H3,(H-,47,48,49,50,51);/q-1;+2/p-1. The van der Waals surface area contributed by atoms with Gasteiger partial charge in [-0.25, -0.2) is 15.0 Å². The number of methoxy groups -OCH3 is 2. The Morgan fingerprint density at radius 2 is 0.889 bits per heavy atom. The van der Waals surface area contributed by atoms with E-state index >= 15 is 0 Å². The van der Waals surface area contributed by atoms with Gasteiger partial charge in [0.15, 0.2) is 0 Å². The number of aliphatic imine (C=N–C) groups is 3. The Kier molecular flexibility index (Phi) is 9.34. The number of hydrogen-bond donors (Lipinski definition) is 0. The molecule has 0 saturated carbocycles. The molecule has 5 heterocycles. The van der Waals surface area contributed by atoms with Crippen molar-refractivity contribution in [1.29, 1.82) is 0 Å². The summed E-state index contributed by atoms with van der Waals surface area (Å²) in [6, 6.07) is 43.7. The van der Waals surface area contributed by atoms with Crippen molar-refractivity contribution >= 4 is 39.4 Å². The molecule has 0 aliphatic carbocycles. The van der Waals surface area contributed by atoms with Gasteiger partial charge in [-0.2, -0.15) is 0 Å². The fourth-order valence-electron chi connectivity index (χ4n) is 7.36. The summed E-state index contributed by atoms with van der Waals surface area (Å²) in [4.78, 5) is 21.0. The maximum Gasteiger partial charge on any atom is 2.00 e. The molecule has 0 fully saturated rings. The van der Waals surface area contributed by atoms with E-state index in [4.69, 9.17) is 29.4 Å². The van der Waals surface area contributed by atoms with Crippen LogP contribution >= 0.6 is 0 Å². The fourth-order valence-corrected chi connectivity index (χ4v) is 7.36. The van der Waals surface area contributed by atoms with Gasteiger partial charge in [0.25, 0.3) is 0 Å². The van der Waals surface area contributed by atoms with Crippen molar-refractivity contribution in [3.8, 4) is 0 Å². The first-order valence-corrected chi connectivity index (χ1v) is 17.3. The Morgan fingerprint density at radius 1 is 0.481 bits per heavy atom. The summed E-state index contributed by atoms with van der Waals surface area (Å²) in [5.74, 6) is -2.30. The summed E-state index contributed by atoms with van der Waals surface area (Å²) < 4.78 is 12.2. The zero-order chi connectivity index (χ0) is 35.9. The number of nitrogens with zero attached hydrogens (tertiary/aromatic N) is 4. The number of allylic oxidation sites excluding steroid dienone is 6. The van der Waals surface area contributed by atoms with Gasteiger partial charge in [-0.05, 0) is 63.5 Å². The van der Waals surface area contributed by atoms with Gasteiger partial charge in [-0.1, -0.05) is 133 Å². The second kappa shape index (κ2) is 14.4. The van der Waals surface area contributed by atoms with Crippen LogP contribution in [0.15, 0.2) is 196 Å². The van der Waals surface area contributed by atoms with E-state index in [0.29, 0.717) is 33.3 Å². The number of benzene rings is 4. The number of aromatic nitrogens is 1. The van der Waals surface area contributed by atoms with Gasteiger partial charge in [0, 0.05) is 25.4 Å². The van der Waals surface area contributed by atoms with Gasteiger partial charge >= 0.3 is 19.5 Å². The molecule has 7 nitrogen and oxygen atoms in total. The Labute approximate surface area is 325 Å². The van der Waals surface area contributed by atoms with Crippen LogP contribution < -0.4 is 20.8 Å². The molecule has 5 aromatic rings. The van der Waals surface area contributed by atoms with Crippen molar-refractivity contribution in [2.75, 3.05) is 14.2 Å². The van der Waals surface area contributed by atoms with Gasteiger partial charge in [-0.3, -0.25) is 0 Å². The molecule has 256 valence electrons. The molecular formula is C46H32N4O3Zn. The minimum Gasteiger partial charge on any atom is -0.870 e. The van der Waals surface area contributed by atoms with Gasteiger partial charge in [0.1, 0.15) is 5.71 Å². The molecule has 8 heteroatoms. The van der Waals surface area contributed by atoms with Crippen LogP contribution in [0.2, 0.25) is 0 Å². The predicted molar refractivity (Wildman–Crippen MR) is 208 cm³/mol. The number of rotatable bonds is 6. The third-order valence-electron chi connectivity index (χ3n) is 9.80. The summed E-state index contributed by atoms with van der Waals surface area (Å²) in [5, 5.41) is 16.3. The largest absolute Gasteiger partial charge is 2.00 e. The monoisotopic (exact) mass is 752 g/mol. The average molecular weight is 754 g/mol. The second-order valence-corrected chi connectivity index (χ2v) is 12.8. The first-order valence-electron chi connectivity index (χ1n) is 17.3. The van der Waals surface area contributed by atoms with E-state index in [2.05, 4.69) is 24.3 Å². The quantitative estimate of drug-likeness (QED) is 0.159. The minimum atomic E-state index is -1.86. The van der Waals surface area contributed by atoms with Crippen LogP contribution in [0.4, 0.5) is 0 Å². The van der Waals surface area contributed by atoms with Crippen molar-refractivity contribution in [1.82, 2.24) is 4.98 Å². The summed E-state index contributed by atoms with van der Waals surface area (Å²) in [6.07, 6.45) is 8.03. The summed E-state index contributed by atoms with van der Waals surface area (Å²) in [7, 11) is 2.94. The summed E-state index contributed by atoms with van der Waals surface area (Å²) in [5.41, 5.74) is 9.76. The van der Waals surface area contributed by atoms with Gasteiger partial charge < -0.3 is 19.6 Å². The minimum absolute atomic E-state index is 0. The third-order valence-corrected chi connectivity index (χ3v) is 9.80. The van der Waals surface area contributed by atoms with Crippen molar-refractivity contribution < 1.29 is 34.1 Å². The van der Waals surface area contributed by atoms with E-state index in [0.717, 1.165) is 50.5 Å². The van der Waals surface area contributed by atoms with Crippen LogP contribution in [0.5, 0.6) is 0 Å². The van der Waals surface area contributed by atoms with Crippen molar-refractivity contribution in [2.24, 2.45) is 15.0 Å². The molecule has 0 saturated heterocycles. The predicted octanol–water partition coefficient (Wildman–Crippen LogP) is 5.91. The Morgan fingerprint density at radius 3 is 1.39 bits per heavy atom. The smallest absolute Gasteiger partial charge is 0.870 e. The van der Waals surface area contributed by atoms with Crippen molar-refractivity contribution in [2.45, 2.75) is 5.79 Å². The van der Waals surface area contributed by atoms with Crippen LogP contribution in [0.25, 0.3) is 22.3 Å². The number of ether oxygens (including phenoxy) is 2. The van der Waals surface area contributed by atoms with Gasteiger partial charge in [0.2, 0.25) is 5.79 Å². The molecule has 0 unspecified atom stereocenters.